The summed E-state index contributed by atoms with van der Waals surface area (Å²) in [5, 5.41) is 0.499. The number of nitrogens with zero attached hydrogens (tertiary/aromatic N) is 3. The van der Waals surface area contributed by atoms with Gasteiger partial charge in [-0.15, -0.1) is 0 Å². The van der Waals surface area contributed by atoms with E-state index in [1.165, 1.54) is 6.20 Å². The fourth-order valence-electron chi connectivity index (χ4n) is 5.01. The van der Waals surface area contributed by atoms with Gasteiger partial charge in [-0.25, -0.2) is 0 Å². The maximum atomic E-state index is 13.5. The highest BCUT2D eigenvalue weighted by Gasteiger charge is 2.36. The number of halogens is 3. The van der Waals surface area contributed by atoms with Crippen LogP contribution in [0.1, 0.15) is 32.3 Å². The quantitative estimate of drug-likeness (QED) is 0.778. The maximum Gasteiger partial charge on any atom is 0.418 e. The summed E-state index contributed by atoms with van der Waals surface area (Å²) in [7, 11) is 0. The number of hydrogen-bond donors (Lipinski definition) is 1. The molecule has 0 bridgehead atoms. The smallest absolute Gasteiger partial charge is 0.370 e. The number of Topliss-reactive ketones (excluding diaryl/α,β-unsaturated/α-hetero) is 1. The number of carbonyl (C=O) groups is 1. The molecule has 0 amide bonds. The number of anilines is 1. The van der Waals surface area contributed by atoms with E-state index in [-0.39, 0.29) is 29.3 Å². The molecule has 2 saturated heterocycles. The predicted molar refractivity (Wildman–Crippen MR) is 115 cm³/mol. The van der Waals surface area contributed by atoms with Gasteiger partial charge in [0, 0.05) is 55.9 Å². The van der Waals surface area contributed by atoms with Crippen molar-refractivity contribution in [2.75, 3.05) is 31.1 Å². The van der Waals surface area contributed by atoms with E-state index >= 15 is 0 Å². The molecule has 5 nitrogen and oxygen atoms in total. The van der Waals surface area contributed by atoms with E-state index in [4.69, 9.17) is 5.73 Å². The van der Waals surface area contributed by atoms with Crippen LogP contribution in [0.3, 0.4) is 0 Å². The molecule has 2 fully saturated rings. The molecule has 3 atom stereocenters. The number of aromatic nitrogens is 1. The Kier molecular flexibility index (Phi) is 5.96. The molecule has 8 heteroatoms. The van der Waals surface area contributed by atoms with Gasteiger partial charge in [0.1, 0.15) is 5.78 Å². The van der Waals surface area contributed by atoms with E-state index in [2.05, 4.69) is 21.7 Å². The minimum atomic E-state index is -4.45. The minimum Gasteiger partial charge on any atom is -0.370 e. The second-order valence-electron chi connectivity index (χ2n) is 9.20. The van der Waals surface area contributed by atoms with Gasteiger partial charge in [-0.05, 0) is 49.4 Å². The fourth-order valence-corrected chi connectivity index (χ4v) is 5.01. The highest BCUT2D eigenvalue weighted by Crippen LogP contribution is 2.39. The minimum absolute atomic E-state index is 0.0268. The summed E-state index contributed by atoms with van der Waals surface area (Å²) < 4.78 is 40.4. The fraction of sp³-hybridized carbons (Fsp3) is 0.565. The lowest BCUT2D eigenvalue weighted by atomic mass is 9.85. The number of rotatable bonds is 5. The first-order valence-corrected chi connectivity index (χ1v) is 10.9. The average molecular weight is 435 g/mol. The summed E-state index contributed by atoms with van der Waals surface area (Å²) in [6.07, 6.45) is -1.65. The second-order valence-corrected chi connectivity index (χ2v) is 9.20. The predicted octanol–water partition coefficient (Wildman–Crippen LogP) is 3.71. The van der Waals surface area contributed by atoms with Crippen molar-refractivity contribution < 1.29 is 18.0 Å². The highest BCUT2D eigenvalue weighted by molar-refractivity contribution is 5.94. The number of likely N-dealkylation sites (tertiary alicyclic amines) is 1. The Morgan fingerprint density at radius 2 is 1.97 bits per heavy atom. The Morgan fingerprint density at radius 1 is 1.23 bits per heavy atom. The van der Waals surface area contributed by atoms with Crippen molar-refractivity contribution >= 4 is 22.4 Å². The summed E-state index contributed by atoms with van der Waals surface area (Å²) in [6.45, 7) is 6.98. The van der Waals surface area contributed by atoms with Gasteiger partial charge in [0.05, 0.1) is 17.1 Å². The van der Waals surface area contributed by atoms with Gasteiger partial charge >= 0.3 is 6.18 Å². The Hall–Kier alpha value is -2.19. The summed E-state index contributed by atoms with van der Waals surface area (Å²) in [6, 6.07) is 6.05. The first kappa shape index (κ1) is 22.0. The molecule has 1 aromatic heterocycles. The molecule has 2 N–H and O–H groups in total. The zero-order valence-electron chi connectivity index (χ0n) is 17.9. The molecule has 2 aromatic rings. The largest absolute Gasteiger partial charge is 0.418 e. The molecular formula is C23H29F3N4O. The summed E-state index contributed by atoms with van der Waals surface area (Å²) >= 11 is 0. The molecule has 168 valence electrons. The van der Waals surface area contributed by atoms with E-state index in [1.807, 2.05) is 6.92 Å². The first-order valence-electron chi connectivity index (χ1n) is 10.9. The number of piperidine rings is 1. The van der Waals surface area contributed by atoms with Crippen molar-refractivity contribution in [1.29, 1.82) is 0 Å². The van der Waals surface area contributed by atoms with Crippen LogP contribution < -0.4 is 10.6 Å². The lowest BCUT2D eigenvalue weighted by Crippen LogP contribution is -2.60. The van der Waals surface area contributed by atoms with Crippen molar-refractivity contribution in [2.45, 2.75) is 44.9 Å². The Labute approximate surface area is 180 Å². The zero-order chi connectivity index (χ0) is 22.3. The number of fused-ring (bicyclic) bond motifs is 1. The lowest BCUT2D eigenvalue weighted by molar-refractivity contribution is -0.136. The van der Waals surface area contributed by atoms with Crippen molar-refractivity contribution in [3.8, 4) is 0 Å². The van der Waals surface area contributed by atoms with Crippen molar-refractivity contribution in [2.24, 2.45) is 17.6 Å². The number of hydrogen-bond acceptors (Lipinski definition) is 5. The van der Waals surface area contributed by atoms with Crippen molar-refractivity contribution in [3.05, 3.63) is 36.0 Å². The molecule has 0 spiro atoms. The molecule has 0 saturated carbocycles. The Bertz CT molecular complexity index is 957. The van der Waals surface area contributed by atoms with Gasteiger partial charge < -0.3 is 10.6 Å². The molecule has 1 aromatic carbocycles. The second kappa shape index (κ2) is 8.39. The number of benzene rings is 1. The van der Waals surface area contributed by atoms with E-state index in [1.54, 1.807) is 18.2 Å². The van der Waals surface area contributed by atoms with Gasteiger partial charge in [-0.2, -0.15) is 13.2 Å². The van der Waals surface area contributed by atoms with E-state index in [0.29, 0.717) is 24.3 Å². The van der Waals surface area contributed by atoms with Gasteiger partial charge in [0.15, 0.2) is 0 Å². The number of nitrogens with two attached hydrogens (primary N) is 1. The van der Waals surface area contributed by atoms with Crippen LogP contribution in [0.5, 0.6) is 0 Å². The average Bonchev–Trinajstić information content (AvgIpc) is 2.68. The normalized spacial score (nSPS) is 24.3. The number of carbonyl (C=O) groups excluding carboxylic acids is 1. The lowest BCUT2D eigenvalue weighted by Gasteiger charge is -2.42. The van der Waals surface area contributed by atoms with Crippen LogP contribution in [0.4, 0.5) is 18.9 Å². The molecule has 4 rings (SSSR count). The van der Waals surface area contributed by atoms with E-state index in [9.17, 15) is 18.0 Å². The molecule has 31 heavy (non-hydrogen) atoms. The Balaban J connectivity index is 1.55. The summed E-state index contributed by atoms with van der Waals surface area (Å²) in [5.74, 6) is 0.723. The Morgan fingerprint density at radius 3 is 2.65 bits per heavy atom. The standard InChI is InChI=1S/C23H29F3N4O/c1-14-8-16(9-21(31)15(2)29-12-17(27)13-29)11-30(10-14)20-6-5-19(23(24,25)26)22-18(20)4-3-7-28-22/h3-7,14-17H,8-13,27H2,1-2H3/t14-,15?,16-/m0/s1. The van der Waals surface area contributed by atoms with Crippen LogP contribution in [0.25, 0.3) is 10.9 Å². The van der Waals surface area contributed by atoms with Crippen LogP contribution in [-0.2, 0) is 11.0 Å². The van der Waals surface area contributed by atoms with Crippen LogP contribution in [-0.4, -0.2) is 53.9 Å². The molecule has 2 aliphatic heterocycles. The van der Waals surface area contributed by atoms with Gasteiger partial charge in [0.2, 0.25) is 0 Å². The number of alkyl halides is 3. The first-order chi connectivity index (χ1) is 14.6. The van der Waals surface area contributed by atoms with Crippen LogP contribution in [0.2, 0.25) is 0 Å². The van der Waals surface area contributed by atoms with Gasteiger partial charge in [-0.3, -0.25) is 14.7 Å². The van der Waals surface area contributed by atoms with E-state index in [0.717, 1.165) is 37.8 Å². The highest BCUT2D eigenvalue weighted by atomic mass is 19.4. The van der Waals surface area contributed by atoms with E-state index < -0.39 is 11.7 Å². The molecule has 3 heterocycles. The SMILES string of the molecule is CC(C(=O)C[C@@H]1C[C@H](C)CN(c2ccc(C(F)(F)F)c3ncccc23)C1)N1CC(N)C1. The summed E-state index contributed by atoms with van der Waals surface area (Å²) in [4.78, 5) is 21.1. The third-order valence-electron chi connectivity index (χ3n) is 6.58. The van der Waals surface area contributed by atoms with Crippen LogP contribution >= 0.6 is 0 Å². The monoisotopic (exact) mass is 434 g/mol. The summed E-state index contributed by atoms with van der Waals surface area (Å²) in [5.41, 5.74) is 5.85. The molecule has 0 aliphatic carbocycles. The van der Waals surface area contributed by atoms with Gasteiger partial charge in [0.25, 0.3) is 0 Å². The number of ketones is 1. The third kappa shape index (κ3) is 4.55. The van der Waals surface area contributed by atoms with Crippen LogP contribution in [0, 0.1) is 11.8 Å². The van der Waals surface area contributed by atoms with Crippen molar-refractivity contribution in [3.63, 3.8) is 0 Å². The molecular weight excluding hydrogens is 405 g/mol. The number of pyridine rings is 1. The van der Waals surface area contributed by atoms with Gasteiger partial charge in [-0.1, -0.05) is 6.92 Å². The molecule has 2 aliphatic rings. The maximum absolute atomic E-state index is 13.5. The van der Waals surface area contributed by atoms with Crippen LogP contribution in [0.15, 0.2) is 30.5 Å². The zero-order valence-corrected chi connectivity index (χ0v) is 17.9. The molecule has 1 unspecified atom stereocenters. The third-order valence-corrected chi connectivity index (χ3v) is 6.58. The van der Waals surface area contributed by atoms with Crippen molar-refractivity contribution in [1.82, 2.24) is 9.88 Å². The molecule has 0 radical (unpaired) electrons. The topological polar surface area (TPSA) is 62.5 Å².